The van der Waals surface area contributed by atoms with Crippen LogP contribution >= 0.6 is 0 Å². The summed E-state index contributed by atoms with van der Waals surface area (Å²) in [7, 11) is 1.72. The van der Waals surface area contributed by atoms with Gasteiger partial charge in [0.15, 0.2) is 5.96 Å². The first-order chi connectivity index (χ1) is 11.0. The Morgan fingerprint density at radius 3 is 2.70 bits per heavy atom. The van der Waals surface area contributed by atoms with Crippen molar-refractivity contribution in [1.29, 1.82) is 0 Å². The van der Waals surface area contributed by atoms with Crippen molar-refractivity contribution in [3.63, 3.8) is 0 Å². The summed E-state index contributed by atoms with van der Waals surface area (Å²) < 4.78 is 24.2. The fourth-order valence-electron chi connectivity index (χ4n) is 1.87. The molecule has 0 aliphatic carbocycles. The predicted molar refractivity (Wildman–Crippen MR) is 91.6 cm³/mol. The first-order valence-electron chi connectivity index (χ1n) is 7.99. The minimum Gasteiger partial charge on any atom is -0.489 e. The van der Waals surface area contributed by atoms with E-state index in [1.807, 2.05) is 20.8 Å². The second-order valence-corrected chi connectivity index (χ2v) is 5.54. The summed E-state index contributed by atoms with van der Waals surface area (Å²) >= 11 is 0. The normalized spacial score (nSPS) is 13.0. The molecule has 0 aromatic heterocycles. The van der Waals surface area contributed by atoms with Gasteiger partial charge in [0.25, 0.3) is 0 Å². The minimum absolute atomic E-state index is 0.111. The van der Waals surface area contributed by atoms with Crippen molar-refractivity contribution in [2.75, 3.05) is 26.7 Å². The van der Waals surface area contributed by atoms with E-state index < -0.39 is 0 Å². The molecule has 1 rings (SSSR count). The Bertz CT molecular complexity index is 481. The Hall–Kier alpha value is -1.82. The molecular formula is C17H28FN3O2. The van der Waals surface area contributed by atoms with Crippen LogP contribution in [0.1, 0.15) is 27.2 Å². The topological polar surface area (TPSA) is 54.9 Å². The number of hydrogen-bond donors (Lipinski definition) is 2. The van der Waals surface area contributed by atoms with Crippen molar-refractivity contribution in [2.45, 2.75) is 39.4 Å². The average Bonchev–Trinajstić information content (AvgIpc) is 2.49. The molecule has 0 spiro atoms. The van der Waals surface area contributed by atoms with Gasteiger partial charge < -0.3 is 20.1 Å². The van der Waals surface area contributed by atoms with Gasteiger partial charge in [-0.25, -0.2) is 4.39 Å². The first kappa shape index (κ1) is 19.2. The van der Waals surface area contributed by atoms with Crippen LogP contribution in [0.15, 0.2) is 29.3 Å². The molecule has 0 saturated heterocycles. The molecule has 23 heavy (non-hydrogen) atoms. The fraction of sp³-hybridized carbons (Fsp3) is 0.588. The highest BCUT2D eigenvalue weighted by atomic mass is 19.1. The number of halogens is 1. The zero-order chi connectivity index (χ0) is 17.1. The average molecular weight is 325 g/mol. The van der Waals surface area contributed by atoms with E-state index in [9.17, 15) is 4.39 Å². The van der Waals surface area contributed by atoms with Crippen LogP contribution in [0, 0.1) is 5.82 Å². The molecule has 0 aliphatic heterocycles. The monoisotopic (exact) mass is 325 g/mol. The third-order valence-electron chi connectivity index (χ3n) is 2.98. The lowest BCUT2D eigenvalue weighted by Crippen LogP contribution is -2.42. The molecule has 6 heteroatoms. The van der Waals surface area contributed by atoms with Crippen LogP contribution in [0.5, 0.6) is 5.75 Å². The van der Waals surface area contributed by atoms with Gasteiger partial charge in [-0.3, -0.25) is 4.99 Å². The lowest BCUT2D eigenvalue weighted by molar-refractivity contribution is 0.0776. The molecular weight excluding hydrogens is 297 g/mol. The first-order valence-corrected chi connectivity index (χ1v) is 7.99. The maximum absolute atomic E-state index is 13.1. The van der Waals surface area contributed by atoms with Gasteiger partial charge in [-0.15, -0.1) is 0 Å². The van der Waals surface area contributed by atoms with Crippen LogP contribution in [-0.4, -0.2) is 44.9 Å². The molecule has 0 radical (unpaired) electrons. The van der Waals surface area contributed by atoms with Crippen LogP contribution in [0.3, 0.4) is 0 Å². The summed E-state index contributed by atoms with van der Waals surface area (Å²) in [5, 5.41) is 6.40. The van der Waals surface area contributed by atoms with Crippen molar-refractivity contribution in [1.82, 2.24) is 10.6 Å². The van der Waals surface area contributed by atoms with Gasteiger partial charge in [0, 0.05) is 26.3 Å². The van der Waals surface area contributed by atoms with Gasteiger partial charge in [-0.05, 0) is 39.3 Å². The molecule has 0 bridgehead atoms. The number of benzene rings is 1. The summed E-state index contributed by atoms with van der Waals surface area (Å²) in [5.41, 5.74) is 0. The summed E-state index contributed by atoms with van der Waals surface area (Å²) in [6, 6.07) is 6.13. The third kappa shape index (κ3) is 9.03. The highest BCUT2D eigenvalue weighted by Crippen LogP contribution is 2.13. The van der Waals surface area contributed by atoms with E-state index in [-0.39, 0.29) is 18.0 Å². The molecule has 0 amide bonds. The van der Waals surface area contributed by atoms with Crippen LogP contribution in [-0.2, 0) is 4.74 Å². The van der Waals surface area contributed by atoms with Crippen molar-refractivity contribution >= 4 is 5.96 Å². The smallest absolute Gasteiger partial charge is 0.191 e. The highest BCUT2D eigenvalue weighted by molar-refractivity contribution is 5.79. The zero-order valence-corrected chi connectivity index (χ0v) is 14.4. The third-order valence-corrected chi connectivity index (χ3v) is 2.98. The van der Waals surface area contributed by atoms with Gasteiger partial charge in [-0.2, -0.15) is 0 Å². The molecule has 130 valence electrons. The molecule has 1 aromatic carbocycles. The molecule has 1 unspecified atom stereocenters. The second kappa shape index (κ2) is 10.8. The van der Waals surface area contributed by atoms with Crippen LogP contribution in [0.25, 0.3) is 0 Å². The molecule has 0 saturated carbocycles. The van der Waals surface area contributed by atoms with E-state index in [4.69, 9.17) is 9.47 Å². The standard InChI is InChI=1S/C17H28FN3O2/c1-13(2)22-10-6-9-20-17(19-4)21-12-14(3)23-16-8-5-7-15(18)11-16/h5,7-8,11,13-14H,6,9-10,12H2,1-4H3,(H2,19,20,21). The van der Waals surface area contributed by atoms with E-state index >= 15 is 0 Å². The summed E-state index contributed by atoms with van der Waals surface area (Å²) in [4.78, 5) is 4.15. The van der Waals surface area contributed by atoms with Gasteiger partial charge in [0.2, 0.25) is 0 Å². The molecule has 1 aromatic rings. The van der Waals surface area contributed by atoms with Crippen LogP contribution < -0.4 is 15.4 Å². The highest BCUT2D eigenvalue weighted by Gasteiger charge is 2.06. The molecule has 0 fully saturated rings. The maximum atomic E-state index is 13.1. The van der Waals surface area contributed by atoms with Crippen molar-refractivity contribution in [2.24, 2.45) is 4.99 Å². The summed E-state index contributed by atoms with van der Waals surface area (Å²) in [5.74, 6) is 0.932. The number of hydrogen-bond acceptors (Lipinski definition) is 3. The Labute approximate surface area is 138 Å². The predicted octanol–water partition coefficient (Wildman–Crippen LogP) is 2.57. The zero-order valence-electron chi connectivity index (χ0n) is 14.4. The lowest BCUT2D eigenvalue weighted by atomic mass is 10.3. The maximum Gasteiger partial charge on any atom is 0.191 e. The summed E-state index contributed by atoms with van der Waals surface area (Å²) in [6.45, 7) is 8.04. The Balaban J connectivity index is 2.23. The minimum atomic E-state index is -0.302. The Morgan fingerprint density at radius 2 is 2.04 bits per heavy atom. The summed E-state index contributed by atoms with van der Waals surface area (Å²) in [6.07, 6.45) is 1.06. The number of nitrogens with one attached hydrogen (secondary N) is 2. The Morgan fingerprint density at radius 1 is 1.26 bits per heavy atom. The number of guanidine groups is 1. The Kier molecular flexibility index (Phi) is 9.05. The van der Waals surface area contributed by atoms with Gasteiger partial charge in [-0.1, -0.05) is 6.07 Å². The SMILES string of the molecule is CN=C(NCCCOC(C)C)NCC(C)Oc1cccc(F)c1. The van der Waals surface area contributed by atoms with Crippen LogP contribution in [0.4, 0.5) is 4.39 Å². The molecule has 1 atom stereocenters. The fourth-order valence-corrected chi connectivity index (χ4v) is 1.87. The van der Waals surface area contributed by atoms with Crippen LogP contribution in [0.2, 0.25) is 0 Å². The van der Waals surface area contributed by atoms with Gasteiger partial charge >= 0.3 is 0 Å². The van der Waals surface area contributed by atoms with Crippen molar-refractivity contribution in [3.05, 3.63) is 30.1 Å². The van der Waals surface area contributed by atoms with Gasteiger partial charge in [0.1, 0.15) is 17.7 Å². The second-order valence-electron chi connectivity index (χ2n) is 5.54. The largest absolute Gasteiger partial charge is 0.489 e. The van der Waals surface area contributed by atoms with Crippen molar-refractivity contribution in [3.8, 4) is 5.75 Å². The number of rotatable bonds is 9. The number of ether oxygens (including phenoxy) is 2. The number of nitrogens with zero attached hydrogens (tertiary/aromatic N) is 1. The van der Waals surface area contributed by atoms with E-state index in [2.05, 4.69) is 15.6 Å². The van der Waals surface area contributed by atoms with Gasteiger partial charge in [0.05, 0.1) is 12.6 Å². The molecule has 5 nitrogen and oxygen atoms in total. The molecule has 2 N–H and O–H groups in total. The molecule has 0 heterocycles. The van der Waals surface area contributed by atoms with E-state index in [1.54, 1.807) is 19.2 Å². The lowest BCUT2D eigenvalue weighted by Gasteiger charge is -2.18. The quantitative estimate of drug-likeness (QED) is 0.416. The molecule has 0 aliphatic rings. The number of aliphatic imine (C=N–C) groups is 1. The van der Waals surface area contributed by atoms with E-state index in [0.29, 0.717) is 18.3 Å². The van der Waals surface area contributed by atoms with E-state index in [0.717, 1.165) is 19.6 Å². The van der Waals surface area contributed by atoms with Crippen molar-refractivity contribution < 1.29 is 13.9 Å². The van der Waals surface area contributed by atoms with E-state index in [1.165, 1.54) is 12.1 Å².